The first-order valence-corrected chi connectivity index (χ1v) is 6.06. The molecule has 2 rings (SSSR count). The van der Waals surface area contributed by atoms with E-state index >= 15 is 0 Å². The Morgan fingerprint density at radius 3 is 2.78 bits per heavy atom. The van der Waals surface area contributed by atoms with Crippen molar-refractivity contribution in [2.75, 3.05) is 19.6 Å². The number of aromatic hydroxyl groups is 2. The lowest BCUT2D eigenvalue weighted by Crippen LogP contribution is -2.34. The molecule has 100 valence electrons. The highest BCUT2D eigenvalue weighted by molar-refractivity contribution is 8.93. The predicted octanol–water partition coefficient (Wildman–Crippen LogP) is 3.04. The number of halogens is 1. The van der Waals surface area contributed by atoms with Crippen LogP contribution in [-0.2, 0) is 0 Å². The van der Waals surface area contributed by atoms with Gasteiger partial charge in [0.1, 0.15) is 0 Å². The Hall–Kier alpha value is -1.00. The number of nitrogens with zero attached hydrogens (tertiary/aromatic N) is 1. The number of phenolic OH excluding ortho intramolecular Hbond substituents is 2. The smallest absolute Gasteiger partial charge is 0.157 e. The molecule has 2 N–H and O–H groups in total. The van der Waals surface area contributed by atoms with E-state index in [4.69, 9.17) is 0 Å². The predicted molar refractivity (Wildman–Crippen MR) is 78.7 cm³/mol. The summed E-state index contributed by atoms with van der Waals surface area (Å²) in [4.78, 5) is 2.37. The summed E-state index contributed by atoms with van der Waals surface area (Å²) in [7, 11) is 0. The molecule has 0 spiro atoms. The standard InChI is InChI=1S/C14H19NO2.BrH/c1-2-7-15-8-3-4-12(10-15)11-5-6-13(16)14(17)9-11;/h2,5-6,9,12,16-17H,1,3-4,7-8,10H2;1H. The molecule has 1 saturated heterocycles. The minimum absolute atomic E-state index is 0. The van der Waals surface area contributed by atoms with E-state index in [1.165, 1.54) is 6.42 Å². The second kappa shape index (κ2) is 6.81. The second-order valence-electron chi connectivity index (χ2n) is 4.64. The van der Waals surface area contributed by atoms with Crippen LogP contribution in [0.5, 0.6) is 11.5 Å². The molecule has 1 aromatic carbocycles. The molecular weight excluding hydrogens is 294 g/mol. The highest BCUT2D eigenvalue weighted by Crippen LogP contribution is 2.32. The molecule has 1 aliphatic rings. The average Bonchev–Trinajstić information content (AvgIpc) is 2.33. The summed E-state index contributed by atoms with van der Waals surface area (Å²) in [6.45, 7) is 6.79. The molecule has 0 radical (unpaired) electrons. The van der Waals surface area contributed by atoms with Crippen LogP contribution in [0.4, 0.5) is 0 Å². The van der Waals surface area contributed by atoms with Crippen molar-refractivity contribution in [3.05, 3.63) is 36.4 Å². The second-order valence-corrected chi connectivity index (χ2v) is 4.64. The normalized spacial score (nSPS) is 20.1. The summed E-state index contributed by atoms with van der Waals surface area (Å²) in [6.07, 6.45) is 4.23. The van der Waals surface area contributed by atoms with Gasteiger partial charge in [-0.3, -0.25) is 4.90 Å². The molecular formula is C14H20BrNO2. The van der Waals surface area contributed by atoms with E-state index in [0.717, 1.165) is 31.6 Å². The monoisotopic (exact) mass is 313 g/mol. The summed E-state index contributed by atoms with van der Waals surface area (Å²) in [5, 5.41) is 18.8. The fourth-order valence-corrected chi connectivity index (χ4v) is 2.47. The van der Waals surface area contributed by atoms with Gasteiger partial charge in [-0.1, -0.05) is 12.1 Å². The van der Waals surface area contributed by atoms with Gasteiger partial charge in [-0.25, -0.2) is 0 Å². The van der Waals surface area contributed by atoms with Crippen molar-refractivity contribution in [2.45, 2.75) is 18.8 Å². The van der Waals surface area contributed by atoms with E-state index in [-0.39, 0.29) is 28.5 Å². The maximum Gasteiger partial charge on any atom is 0.157 e. The van der Waals surface area contributed by atoms with E-state index in [2.05, 4.69) is 11.5 Å². The molecule has 1 aliphatic heterocycles. The van der Waals surface area contributed by atoms with Gasteiger partial charge in [-0.2, -0.15) is 0 Å². The van der Waals surface area contributed by atoms with Crippen LogP contribution in [-0.4, -0.2) is 34.7 Å². The Bertz CT molecular complexity index is 409. The van der Waals surface area contributed by atoms with Gasteiger partial charge in [0.2, 0.25) is 0 Å². The van der Waals surface area contributed by atoms with Crippen molar-refractivity contribution in [3.63, 3.8) is 0 Å². The number of piperidine rings is 1. The topological polar surface area (TPSA) is 43.7 Å². The molecule has 1 aromatic rings. The number of benzene rings is 1. The third kappa shape index (κ3) is 3.50. The molecule has 3 nitrogen and oxygen atoms in total. The highest BCUT2D eigenvalue weighted by atomic mass is 79.9. The Balaban J connectivity index is 0.00000162. The fraction of sp³-hybridized carbons (Fsp3) is 0.429. The van der Waals surface area contributed by atoms with Crippen LogP contribution >= 0.6 is 17.0 Å². The SMILES string of the molecule is Br.C=CCN1CCCC(c2ccc(O)c(O)c2)C1. The minimum atomic E-state index is -0.0486. The van der Waals surface area contributed by atoms with Gasteiger partial charge < -0.3 is 10.2 Å². The Morgan fingerprint density at radius 2 is 2.11 bits per heavy atom. The fourth-order valence-electron chi connectivity index (χ4n) is 2.47. The van der Waals surface area contributed by atoms with Crippen LogP contribution in [0.1, 0.15) is 24.3 Å². The highest BCUT2D eigenvalue weighted by Gasteiger charge is 2.21. The van der Waals surface area contributed by atoms with Gasteiger partial charge in [0.15, 0.2) is 11.5 Å². The maximum absolute atomic E-state index is 9.52. The third-order valence-electron chi connectivity index (χ3n) is 3.36. The number of phenols is 2. The van der Waals surface area contributed by atoms with E-state index < -0.39 is 0 Å². The molecule has 0 amide bonds. The van der Waals surface area contributed by atoms with Gasteiger partial charge in [-0.05, 0) is 43.0 Å². The van der Waals surface area contributed by atoms with Crippen molar-refractivity contribution >= 4 is 17.0 Å². The lowest BCUT2D eigenvalue weighted by atomic mass is 9.90. The zero-order chi connectivity index (χ0) is 12.3. The molecule has 1 unspecified atom stereocenters. The van der Waals surface area contributed by atoms with E-state index in [1.807, 2.05) is 12.1 Å². The number of hydrogen-bond acceptors (Lipinski definition) is 3. The van der Waals surface area contributed by atoms with Gasteiger partial charge in [-0.15, -0.1) is 23.6 Å². The Kier molecular flexibility index (Phi) is 5.69. The van der Waals surface area contributed by atoms with Crippen LogP contribution in [0.15, 0.2) is 30.9 Å². The minimum Gasteiger partial charge on any atom is -0.504 e. The Morgan fingerprint density at radius 1 is 1.33 bits per heavy atom. The molecule has 0 aromatic heterocycles. The lowest BCUT2D eigenvalue weighted by molar-refractivity contribution is 0.228. The first-order valence-electron chi connectivity index (χ1n) is 6.06. The van der Waals surface area contributed by atoms with Crippen molar-refractivity contribution < 1.29 is 10.2 Å². The number of hydrogen-bond donors (Lipinski definition) is 2. The molecule has 0 aliphatic carbocycles. The molecule has 0 bridgehead atoms. The van der Waals surface area contributed by atoms with Gasteiger partial charge >= 0.3 is 0 Å². The molecule has 1 fully saturated rings. The molecule has 1 atom stereocenters. The maximum atomic E-state index is 9.52. The summed E-state index contributed by atoms with van der Waals surface area (Å²) < 4.78 is 0. The first kappa shape index (κ1) is 15.1. The molecule has 1 heterocycles. The quantitative estimate of drug-likeness (QED) is 0.666. The van der Waals surface area contributed by atoms with Crippen LogP contribution in [0, 0.1) is 0 Å². The number of likely N-dealkylation sites (tertiary alicyclic amines) is 1. The van der Waals surface area contributed by atoms with E-state index in [1.54, 1.807) is 12.1 Å². The largest absolute Gasteiger partial charge is 0.504 e. The van der Waals surface area contributed by atoms with E-state index in [9.17, 15) is 10.2 Å². The third-order valence-corrected chi connectivity index (χ3v) is 3.36. The zero-order valence-electron chi connectivity index (χ0n) is 10.4. The van der Waals surface area contributed by atoms with Crippen molar-refractivity contribution in [3.8, 4) is 11.5 Å². The van der Waals surface area contributed by atoms with Crippen molar-refractivity contribution in [1.82, 2.24) is 4.90 Å². The summed E-state index contributed by atoms with van der Waals surface area (Å²) in [5.41, 5.74) is 1.11. The average molecular weight is 314 g/mol. The summed E-state index contributed by atoms with van der Waals surface area (Å²) in [6, 6.07) is 5.14. The van der Waals surface area contributed by atoms with Crippen LogP contribution in [0.2, 0.25) is 0 Å². The molecule has 4 heteroatoms. The number of rotatable bonds is 3. The van der Waals surface area contributed by atoms with E-state index in [0.29, 0.717) is 5.92 Å². The van der Waals surface area contributed by atoms with Crippen LogP contribution in [0.25, 0.3) is 0 Å². The first-order chi connectivity index (χ1) is 8.20. The lowest BCUT2D eigenvalue weighted by Gasteiger charge is -2.32. The zero-order valence-corrected chi connectivity index (χ0v) is 12.1. The molecule has 18 heavy (non-hydrogen) atoms. The molecule has 0 saturated carbocycles. The van der Waals surface area contributed by atoms with Crippen molar-refractivity contribution in [2.24, 2.45) is 0 Å². The Labute approximate surface area is 119 Å². The van der Waals surface area contributed by atoms with Gasteiger partial charge in [0.05, 0.1) is 0 Å². The van der Waals surface area contributed by atoms with Crippen LogP contribution < -0.4 is 0 Å². The van der Waals surface area contributed by atoms with Crippen molar-refractivity contribution in [1.29, 1.82) is 0 Å². The summed E-state index contributed by atoms with van der Waals surface area (Å²) in [5.74, 6) is 0.367. The van der Waals surface area contributed by atoms with Gasteiger partial charge in [0, 0.05) is 13.1 Å². The summed E-state index contributed by atoms with van der Waals surface area (Å²) >= 11 is 0. The van der Waals surface area contributed by atoms with Crippen LogP contribution in [0.3, 0.4) is 0 Å². The van der Waals surface area contributed by atoms with Gasteiger partial charge in [0.25, 0.3) is 0 Å².